The van der Waals surface area contributed by atoms with Crippen LogP contribution in [0.15, 0.2) is 18.3 Å². The Labute approximate surface area is 75.9 Å². The number of rotatable bonds is 4. The first-order chi connectivity index (χ1) is 5.74. The molecule has 0 saturated heterocycles. The highest BCUT2D eigenvalue weighted by Gasteiger charge is 2.10. The molecule has 0 aliphatic rings. The van der Waals surface area contributed by atoms with Crippen LogP contribution in [-0.2, 0) is 0 Å². The van der Waals surface area contributed by atoms with Crippen molar-refractivity contribution in [3.8, 4) is 0 Å². The standard InChI is InChI=1S/C8H12N2OS/c1-3-6(2)4-7(11)8-5-9-10-12-8/h5,7,11H,2-4H2,1H3. The number of aliphatic hydroxyl groups is 1. The lowest BCUT2D eigenvalue weighted by atomic mass is 10.1. The molecule has 0 fully saturated rings. The second-order valence-electron chi connectivity index (χ2n) is 2.64. The maximum atomic E-state index is 9.58. The third-order valence-corrected chi connectivity index (χ3v) is 2.45. The highest BCUT2D eigenvalue weighted by atomic mass is 32.1. The lowest BCUT2D eigenvalue weighted by molar-refractivity contribution is 0.181. The summed E-state index contributed by atoms with van der Waals surface area (Å²) < 4.78 is 3.68. The minimum Gasteiger partial charge on any atom is -0.387 e. The Morgan fingerprint density at radius 3 is 3.08 bits per heavy atom. The monoisotopic (exact) mass is 184 g/mol. The van der Waals surface area contributed by atoms with Crippen LogP contribution in [0.5, 0.6) is 0 Å². The van der Waals surface area contributed by atoms with Crippen molar-refractivity contribution in [1.82, 2.24) is 9.59 Å². The first-order valence-electron chi connectivity index (χ1n) is 3.86. The molecule has 1 atom stereocenters. The molecule has 1 heterocycles. The first kappa shape index (κ1) is 9.35. The van der Waals surface area contributed by atoms with Crippen molar-refractivity contribution in [2.24, 2.45) is 0 Å². The average Bonchev–Trinajstić information content (AvgIpc) is 2.56. The molecule has 0 aromatic carbocycles. The number of hydrogen-bond acceptors (Lipinski definition) is 4. The van der Waals surface area contributed by atoms with Crippen molar-refractivity contribution < 1.29 is 5.11 Å². The summed E-state index contributed by atoms with van der Waals surface area (Å²) in [5.74, 6) is 0. The summed E-state index contributed by atoms with van der Waals surface area (Å²) in [5.41, 5.74) is 1.05. The van der Waals surface area contributed by atoms with Crippen LogP contribution in [-0.4, -0.2) is 14.7 Å². The normalized spacial score (nSPS) is 12.8. The number of aromatic nitrogens is 2. The Morgan fingerprint density at radius 2 is 2.58 bits per heavy atom. The lowest BCUT2D eigenvalue weighted by Crippen LogP contribution is -1.95. The SMILES string of the molecule is C=C(CC)CC(O)c1cnns1. The third kappa shape index (κ3) is 2.39. The van der Waals surface area contributed by atoms with E-state index < -0.39 is 6.10 Å². The molecule has 66 valence electrons. The van der Waals surface area contributed by atoms with Gasteiger partial charge < -0.3 is 5.11 Å². The van der Waals surface area contributed by atoms with E-state index in [1.54, 1.807) is 6.20 Å². The van der Waals surface area contributed by atoms with Crippen LogP contribution in [0.4, 0.5) is 0 Å². The summed E-state index contributed by atoms with van der Waals surface area (Å²) >= 11 is 1.23. The number of nitrogens with zero attached hydrogens (tertiary/aromatic N) is 2. The smallest absolute Gasteiger partial charge is 0.0951 e. The molecule has 0 aliphatic heterocycles. The van der Waals surface area contributed by atoms with Gasteiger partial charge in [0.05, 0.1) is 17.2 Å². The first-order valence-corrected chi connectivity index (χ1v) is 4.63. The number of hydrogen-bond donors (Lipinski definition) is 1. The van der Waals surface area contributed by atoms with Gasteiger partial charge in [0.2, 0.25) is 0 Å². The van der Waals surface area contributed by atoms with Gasteiger partial charge in [-0.15, -0.1) is 5.10 Å². The highest BCUT2D eigenvalue weighted by Crippen LogP contribution is 2.22. The van der Waals surface area contributed by atoms with Crippen molar-refractivity contribution in [2.45, 2.75) is 25.9 Å². The van der Waals surface area contributed by atoms with Gasteiger partial charge in [0.15, 0.2) is 0 Å². The van der Waals surface area contributed by atoms with Crippen LogP contribution < -0.4 is 0 Å². The molecule has 1 aromatic rings. The molecular weight excluding hydrogens is 172 g/mol. The van der Waals surface area contributed by atoms with Gasteiger partial charge in [0.1, 0.15) is 0 Å². The molecule has 0 aliphatic carbocycles. The molecule has 0 radical (unpaired) electrons. The van der Waals surface area contributed by atoms with Crippen LogP contribution in [0.25, 0.3) is 0 Å². The summed E-state index contributed by atoms with van der Waals surface area (Å²) in [6, 6.07) is 0. The topological polar surface area (TPSA) is 46.0 Å². The molecule has 12 heavy (non-hydrogen) atoms. The Balaban J connectivity index is 2.49. The average molecular weight is 184 g/mol. The largest absolute Gasteiger partial charge is 0.387 e. The van der Waals surface area contributed by atoms with Crippen LogP contribution in [0.2, 0.25) is 0 Å². The van der Waals surface area contributed by atoms with Gasteiger partial charge in [0.25, 0.3) is 0 Å². The van der Waals surface area contributed by atoms with Crippen LogP contribution in [0, 0.1) is 0 Å². The fourth-order valence-electron chi connectivity index (χ4n) is 0.840. The molecule has 0 amide bonds. The van der Waals surface area contributed by atoms with Crippen LogP contribution >= 0.6 is 11.5 Å². The third-order valence-electron chi connectivity index (χ3n) is 1.69. The van der Waals surface area contributed by atoms with E-state index in [2.05, 4.69) is 16.2 Å². The second-order valence-corrected chi connectivity index (χ2v) is 3.46. The van der Waals surface area contributed by atoms with Gasteiger partial charge in [-0.1, -0.05) is 23.6 Å². The van der Waals surface area contributed by atoms with Gasteiger partial charge >= 0.3 is 0 Å². The quantitative estimate of drug-likeness (QED) is 0.727. The Morgan fingerprint density at radius 1 is 1.83 bits per heavy atom. The Hall–Kier alpha value is -0.740. The van der Waals surface area contributed by atoms with E-state index in [1.807, 2.05) is 6.92 Å². The predicted molar refractivity (Wildman–Crippen MR) is 48.9 cm³/mol. The molecule has 1 rings (SSSR count). The van der Waals surface area contributed by atoms with E-state index in [0.717, 1.165) is 16.9 Å². The highest BCUT2D eigenvalue weighted by molar-refractivity contribution is 7.05. The summed E-state index contributed by atoms with van der Waals surface area (Å²) in [7, 11) is 0. The van der Waals surface area contributed by atoms with Gasteiger partial charge in [-0.25, -0.2) is 0 Å². The Kier molecular flexibility index (Phi) is 3.37. The van der Waals surface area contributed by atoms with Crippen molar-refractivity contribution in [3.05, 3.63) is 23.2 Å². The summed E-state index contributed by atoms with van der Waals surface area (Å²) in [5, 5.41) is 13.2. The minimum absolute atomic E-state index is 0.475. The maximum absolute atomic E-state index is 9.58. The van der Waals surface area contributed by atoms with Gasteiger partial charge in [0, 0.05) is 0 Å². The molecule has 0 bridgehead atoms. The molecule has 3 nitrogen and oxygen atoms in total. The van der Waals surface area contributed by atoms with E-state index in [4.69, 9.17) is 0 Å². The zero-order valence-electron chi connectivity index (χ0n) is 7.03. The van der Waals surface area contributed by atoms with Crippen molar-refractivity contribution in [2.75, 3.05) is 0 Å². The molecule has 4 heteroatoms. The summed E-state index contributed by atoms with van der Waals surface area (Å²) in [4.78, 5) is 0.810. The molecule has 1 unspecified atom stereocenters. The van der Waals surface area contributed by atoms with Crippen LogP contribution in [0.3, 0.4) is 0 Å². The van der Waals surface area contributed by atoms with Crippen LogP contribution in [0.1, 0.15) is 30.7 Å². The van der Waals surface area contributed by atoms with Gasteiger partial charge in [-0.3, -0.25) is 0 Å². The fraction of sp³-hybridized carbons (Fsp3) is 0.500. The zero-order chi connectivity index (χ0) is 8.97. The summed E-state index contributed by atoms with van der Waals surface area (Å²) in [6.45, 7) is 5.85. The van der Waals surface area contributed by atoms with Crippen molar-refractivity contribution in [1.29, 1.82) is 0 Å². The second kappa shape index (κ2) is 4.33. The maximum Gasteiger partial charge on any atom is 0.0951 e. The van der Waals surface area contributed by atoms with E-state index >= 15 is 0 Å². The van der Waals surface area contributed by atoms with Gasteiger partial charge in [-0.05, 0) is 24.4 Å². The Bertz CT molecular complexity index is 246. The number of aliphatic hydroxyl groups excluding tert-OH is 1. The lowest BCUT2D eigenvalue weighted by Gasteiger charge is -2.07. The molecular formula is C8H12N2OS. The molecule has 0 saturated carbocycles. The van der Waals surface area contributed by atoms with Crippen molar-refractivity contribution >= 4 is 11.5 Å². The molecule has 1 aromatic heterocycles. The van der Waals surface area contributed by atoms with E-state index in [1.165, 1.54) is 11.5 Å². The van der Waals surface area contributed by atoms with E-state index in [-0.39, 0.29) is 0 Å². The molecule has 0 spiro atoms. The molecule has 1 N–H and O–H groups in total. The van der Waals surface area contributed by atoms with Gasteiger partial charge in [-0.2, -0.15) is 0 Å². The fourth-order valence-corrected chi connectivity index (χ4v) is 1.33. The minimum atomic E-state index is -0.475. The van der Waals surface area contributed by atoms with E-state index in [0.29, 0.717) is 6.42 Å². The van der Waals surface area contributed by atoms with E-state index in [9.17, 15) is 5.11 Å². The predicted octanol–water partition coefficient (Wildman–Crippen LogP) is 1.93. The van der Waals surface area contributed by atoms with Crippen molar-refractivity contribution in [3.63, 3.8) is 0 Å². The zero-order valence-corrected chi connectivity index (χ0v) is 7.84. The summed E-state index contributed by atoms with van der Waals surface area (Å²) in [6.07, 6.45) is 2.64.